The highest BCUT2D eigenvalue weighted by Crippen LogP contribution is 2.25. The van der Waals surface area contributed by atoms with Crippen molar-refractivity contribution in [1.82, 2.24) is 20.4 Å². The van der Waals surface area contributed by atoms with Gasteiger partial charge in [0.05, 0.1) is 6.26 Å². The lowest BCUT2D eigenvalue weighted by Crippen LogP contribution is -2.46. The van der Waals surface area contributed by atoms with Crippen LogP contribution in [0.5, 0.6) is 0 Å². The van der Waals surface area contributed by atoms with E-state index in [2.05, 4.69) is 15.5 Å². The minimum atomic E-state index is -0.209. The van der Waals surface area contributed by atoms with Crippen molar-refractivity contribution < 1.29 is 18.4 Å². The number of aromatic nitrogens is 2. The van der Waals surface area contributed by atoms with E-state index in [0.717, 1.165) is 22.3 Å². The number of aryl methyl sites for hydroxylation is 2. The van der Waals surface area contributed by atoms with Crippen LogP contribution in [0.15, 0.2) is 69.7 Å². The van der Waals surface area contributed by atoms with E-state index in [1.165, 1.54) is 6.26 Å². The van der Waals surface area contributed by atoms with Crippen molar-refractivity contribution in [2.24, 2.45) is 0 Å². The molecular weight excluding hydrogens is 444 g/mol. The SMILES string of the molecule is Cc1cccc(-c2nnc(-c3ccc(C(=O)N4CCC(NC(=O)c5occc5C)CC4)cc3)o2)c1. The molecule has 3 heterocycles. The summed E-state index contributed by atoms with van der Waals surface area (Å²) in [5, 5.41) is 11.3. The Labute approximate surface area is 203 Å². The van der Waals surface area contributed by atoms with Crippen molar-refractivity contribution in [1.29, 1.82) is 0 Å². The van der Waals surface area contributed by atoms with Crippen LogP contribution in [0.2, 0.25) is 0 Å². The monoisotopic (exact) mass is 470 g/mol. The van der Waals surface area contributed by atoms with Crippen LogP contribution in [-0.4, -0.2) is 46.0 Å². The van der Waals surface area contributed by atoms with Gasteiger partial charge in [0.2, 0.25) is 11.8 Å². The smallest absolute Gasteiger partial charge is 0.287 e. The van der Waals surface area contributed by atoms with Gasteiger partial charge in [0.15, 0.2) is 5.76 Å². The molecular formula is C27H26N4O4. The quantitative estimate of drug-likeness (QED) is 0.456. The topological polar surface area (TPSA) is 101 Å². The first kappa shape index (κ1) is 22.6. The van der Waals surface area contributed by atoms with Crippen molar-refractivity contribution in [3.05, 3.63) is 83.3 Å². The first-order valence-corrected chi connectivity index (χ1v) is 11.6. The van der Waals surface area contributed by atoms with Gasteiger partial charge in [0.25, 0.3) is 11.8 Å². The number of benzene rings is 2. The number of hydrogen-bond acceptors (Lipinski definition) is 6. The lowest BCUT2D eigenvalue weighted by molar-refractivity contribution is 0.0695. The molecule has 178 valence electrons. The number of furan rings is 1. The molecule has 2 aromatic carbocycles. The molecule has 4 aromatic rings. The summed E-state index contributed by atoms with van der Waals surface area (Å²) < 4.78 is 11.1. The van der Waals surface area contributed by atoms with Crippen LogP contribution in [0.25, 0.3) is 22.9 Å². The van der Waals surface area contributed by atoms with E-state index in [4.69, 9.17) is 8.83 Å². The molecule has 8 nitrogen and oxygen atoms in total. The van der Waals surface area contributed by atoms with Gasteiger partial charge in [-0.05, 0) is 69.2 Å². The number of nitrogens with one attached hydrogen (secondary N) is 1. The molecule has 35 heavy (non-hydrogen) atoms. The van der Waals surface area contributed by atoms with E-state index in [1.54, 1.807) is 18.2 Å². The van der Waals surface area contributed by atoms with Gasteiger partial charge in [-0.15, -0.1) is 10.2 Å². The lowest BCUT2D eigenvalue weighted by Gasteiger charge is -2.32. The Morgan fingerprint density at radius 1 is 0.943 bits per heavy atom. The van der Waals surface area contributed by atoms with Crippen LogP contribution in [0, 0.1) is 13.8 Å². The first-order chi connectivity index (χ1) is 17.0. The molecule has 1 fully saturated rings. The maximum Gasteiger partial charge on any atom is 0.287 e. The number of nitrogens with zero attached hydrogens (tertiary/aromatic N) is 3. The van der Waals surface area contributed by atoms with Crippen LogP contribution in [0.4, 0.5) is 0 Å². The van der Waals surface area contributed by atoms with Gasteiger partial charge >= 0.3 is 0 Å². The minimum Gasteiger partial charge on any atom is -0.459 e. The predicted octanol–water partition coefficient (Wildman–Crippen LogP) is 4.65. The third kappa shape index (κ3) is 4.87. The van der Waals surface area contributed by atoms with Crippen molar-refractivity contribution >= 4 is 11.8 Å². The molecule has 2 amide bonds. The highest BCUT2D eigenvalue weighted by Gasteiger charge is 2.26. The second kappa shape index (κ2) is 9.58. The number of likely N-dealkylation sites (tertiary alicyclic amines) is 1. The summed E-state index contributed by atoms with van der Waals surface area (Å²) in [6.45, 7) is 5.00. The largest absolute Gasteiger partial charge is 0.459 e. The van der Waals surface area contributed by atoms with Gasteiger partial charge in [0, 0.05) is 41.4 Å². The second-order valence-electron chi connectivity index (χ2n) is 8.83. The summed E-state index contributed by atoms with van der Waals surface area (Å²) in [6.07, 6.45) is 2.90. The Bertz CT molecular complexity index is 1350. The van der Waals surface area contributed by atoms with Gasteiger partial charge in [-0.2, -0.15) is 0 Å². The third-order valence-corrected chi connectivity index (χ3v) is 6.25. The fourth-order valence-electron chi connectivity index (χ4n) is 4.26. The van der Waals surface area contributed by atoms with Gasteiger partial charge < -0.3 is 19.1 Å². The summed E-state index contributed by atoms with van der Waals surface area (Å²) in [7, 11) is 0. The van der Waals surface area contributed by atoms with E-state index in [-0.39, 0.29) is 17.9 Å². The molecule has 8 heteroatoms. The standard InChI is InChI=1S/C27H26N4O4/c1-17-4-3-5-21(16-17)26-30-29-25(35-26)19-6-8-20(9-7-19)27(33)31-13-10-22(11-14-31)28-24(32)23-18(2)12-15-34-23/h3-9,12,15-16,22H,10-11,13-14H2,1-2H3,(H,28,32). The van der Waals surface area contributed by atoms with E-state index in [1.807, 2.05) is 55.1 Å². The fourth-order valence-corrected chi connectivity index (χ4v) is 4.26. The van der Waals surface area contributed by atoms with Crippen molar-refractivity contribution in [3.8, 4) is 22.9 Å². The second-order valence-corrected chi connectivity index (χ2v) is 8.83. The average molecular weight is 471 g/mol. The van der Waals surface area contributed by atoms with Crippen molar-refractivity contribution in [2.45, 2.75) is 32.7 Å². The third-order valence-electron chi connectivity index (χ3n) is 6.25. The molecule has 1 aliphatic rings. The number of carbonyl (C=O) groups excluding carboxylic acids is 2. The Kier molecular flexibility index (Phi) is 6.18. The summed E-state index contributed by atoms with van der Waals surface area (Å²) in [6, 6.07) is 16.9. The van der Waals surface area contributed by atoms with E-state index in [0.29, 0.717) is 49.0 Å². The zero-order valence-corrected chi connectivity index (χ0v) is 19.7. The van der Waals surface area contributed by atoms with Crippen molar-refractivity contribution in [2.75, 3.05) is 13.1 Å². The molecule has 0 aliphatic carbocycles. The zero-order valence-electron chi connectivity index (χ0n) is 19.7. The number of hydrogen-bond donors (Lipinski definition) is 1. The zero-order chi connectivity index (χ0) is 24.4. The van der Waals surface area contributed by atoms with Crippen LogP contribution in [0.1, 0.15) is 44.9 Å². The van der Waals surface area contributed by atoms with E-state index in [9.17, 15) is 9.59 Å². The van der Waals surface area contributed by atoms with Gasteiger partial charge in [0.1, 0.15) is 0 Å². The highest BCUT2D eigenvalue weighted by atomic mass is 16.4. The summed E-state index contributed by atoms with van der Waals surface area (Å²) in [5.41, 5.74) is 4.15. The average Bonchev–Trinajstić information content (AvgIpc) is 3.54. The molecule has 1 N–H and O–H groups in total. The molecule has 0 bridgehead atoms. The maximum absolute atomic E-state index is 13.0. The Hall–Kier alpha value is -4.20. The first-order valence-electron chi connectivity index (χ1n) is 11.6. The molecule has 0 unspecified atom stereocenters. The number of amides is 2. The molecule has 0 atom stereocenters. The number of rotatable bonds is 5. The van der Waals surface area contributed by atoms with Crippen LogP contribution in [0.3, 0.4) is 0 Å². The Balaban J connectivity index is 1.18. The van der Waals surface area contributed by atoms with Gasteiger partial charge in [-0.1, -0.05) is 17.7 Å². The van der Waals surface area contributed by atoms with Gasteiger partial charge in [-0.3, -0.25) is 9.59 Å². The van der Waals surface area contributed by atoms with Crippen LogP contribution in [-0.2, 0) is 0 Å². The molecule has 5 rings (SSSR count). The molecule has 0 radical (unpaired) electrons. The van der Waals surface area contributed by atoms with Gasteiger partial charge in [-0.25, -0.2) is 0 Å². The highest BCUT2D eigenvalue weighted by molar-refractivity contribution is 5.95. The lowest BCUT2D eigenvalue weighted by atomic mass is 10.0. The normalized spacial score (nSPS) is 14.2. The Morgan fingerprint density at radius 3 is 2.31 bits per heavy atom. The fraction of sp³-hybridized carbons (Fsp3) is 0.259. The van der Waals surface area contributed by atoms with Crippen LogP contribution < -0.4 is 5.32 Å². The summed E-state index contributed by atoms with van der Waals surface area (Å²) in [5.74, 6) is 0.967. The molecule has 1 aliphatic heterocycles. The van der Waals surface area contributed by atoms with E-state index >= 15 is 0 Å². The van der Waals surface area contributed by atoms with Crippen LogP contribution >= 0.6 is 0 Å². The van der Waals surface area contributed by atoms with E-state index < -0.39 is 0 Å². The summed E-state index contributed by atoms with van der Waals surface area (Å²) >= 11 is 0. The minimum absolute atomic E-state index is 0.0125. The molecule has 0 spiro atoms. The number of carbonyl (C=O) groups is 2. The number of piperidine rings is 1. The molecule has 2 aromatic heterocycles. The Morgan fingerprint density at radius 2 is 1.66 bits per heavy atom. The molecule has 0 saturated carbocycles. The summed E-state index contributed by atoms with van der Waals surface area (Å²) in [4.78, 5) is 27.2. The van der Waals surface area contributed by atoms with Crippen molar-refractivity contribution in [3.63, 3.8) is 0 Å². The predicted molar refractivity (Wildman–Crippen MR) is 130 cm³/mol. The molecule has 1 saturated heterocycles. The maximum atomic E-state index is 13.0.